The second-order valence-electron chi connectivity index (χ2n) is 2.23. The zero-order valence-electron chi connectivity index (χ0n) is 6.86. The van der Waals surface area contributed by atoms with Gasteiger partial charge in [0, 0.05) is 0 Å². The van der Waals surface area contributed by atoms with Crippen molar-refractivity contribution in [3.8, 4) is 0 Å². The van der Waals surface area contributed by atoms with E-state index in [2.05, 4.69) is 11.3 Å². The van der Waals surface area contributed by atoms with Crippen molar-refractivity contribution < 1.29 is 14.3 Å². The van der Waals surface area contributed by atoms with Gasteiger partial charge >= 0.3 is 11.9 Å². The van der Waals surface area contributed by atoms with Crippen molar-refractivity contribution in [2.24, 2.45) is 0 Å². The summed E-state index contributed by atoms with van der Waals surface area (Å²) >= 11 is 1.24. The lowest BCUT2D eigenvalue weighted by Gasteiger charge is -1.97. The van der Waals surface area contributed by atoms with Gasteiger partial charge in [-0.05, 0) is 11.4 Å². The third-order valence-electron chi connectivity index (χ3n) is 1.24. The highest BCUT2D eigenvalue weighted by molar-refractivity contribution is 7.12. The molecular formula is C9H8O3S. The van der Waals surface area contributed by atoms with E-state index in [1.54, 1.807) is 17.5 Å². The zero-order chi connectivity index (χ0) is 9.68. The Kier molecular flexibility index (Phi) is 3.40. The van der Waals surface area contributed by atoms with Crippen molar-refractivity contribution in [2.75, 3.05) is 0 Å². The summed E-state index contributed by atoms with van der Waals surface area (Å²) < 4.78 is 4.50. The first-order valence-electron chi connectivity index (χ1n) is 3.63. The minimum Gasteiger partial charge on any atom is -0.389 e. The first-order valence-corrected chi connectivity index (χ1v) is 4.51. The second kappa shape index (κ2) is 4.57. The van der Waals surface area contributed by atoms with E-state index in [9.17, 15) is 9.59 Å². The minimum absolute atomic E-state index is 0.0527. The summed E-state index contributed by atoms with van der Waals surface area (Å²) in [5, 5.41) is 1.74. The molecule has 0 fully saturated rings. The van der Waals surface area contributed by atoms with E-state index < -0.39 is 11.9 Å². The van der Waals surface area contributed by atoms with Crippen LogP contribution in [0.5, 0.6) is 0 Å². The van der Waals surface area contributed by atoms with Gasteiger partial charge in [-0.15, -0.1) is 17.9 Å². The van der Waals surface area contributed by atoms with Crippen LogP contribution < -0.4 is 0 Å². The Bertz CT molecular complexity index is 314. The molecule has 1 aromatic rings. The normalized spacial score (nSPS) is 9.23. The predicted octanol–water partition coefficient (Wildman–Crippen LogP) is 2.01. The molecule has 0 N–H and O–H groups in total. The molecule has 1 heterocycles. The van der Waals surface area contributed by atoms with Gasteiger partial charge < -0.3 is 4.74 Å². The first kappa shape index (κ1) is 9.67. The summed E-state index contributed by atoms with van der Waals surface area (Å²) in [6, 6.07) is 3.33. The van der Waals surface area contributed by atoms with Crippen molar-refractivity contribution >= 4 is 23.3 Å². The SMILES string of the molecule is C=CCC(=O)OC(=O)c1cccs1. The van der Waals surface area contributed by atoms with Crippen LogP contribution in [0, 0.1) is 0 Å². The van der Waals surface area contributed by atoms with Gasteiger partial charge in [0.1, 0.15) is 4.88 Å². The maximum atomic E-state index is 11.1. The Labute approximate surface area is 79.6 Å². The quantitative estimate of drug-likeness (QED) is 0.422. The van der Waals surface area contributed by atoms with Gasteiger partial charge in [-0.25, -0.2) is 4.79 Å². The summed E-state index contributed by atoms with van der Waals surface area (Å²) in [6.07, 6.45) is 1.45. The molecule has 13 heavy (non-hydrogen) atoms. The third-order valence-corrected chi connectivity index (χ3v) is 2.09. The summed E-state index contributed by atoms with van der Waals surface area (Å²) in [6.45, 7) is 3.36. The molecule has 3 nitrogen and oxygen atoms in total. The van der Waals surface area contributed by atoms with E-state index in [-0.39, 0.29) is 6.42 Å². The molecule has 0 atom stereocenters. The van der Waals surface area contributed by atoms with Gasteiger partial charge in [-0.2, -0.15) is 0 Å². The van der Waals surface area contributed by atoms with Crippen molar-refractivity contribution in [1.82, 2.24) is 0 Å². The highest BCUT2D eigenvalue weighted by atomic mass is 32.1. The number of rotatable bonds is 3. The van der Waals surface area contributed by atoms with E-state index in [1.165, 1.54) is 17.4 Å². The van der Waals surface area contributed by atoms with Crippen LogP contribution in [0.4, 0.5) is 0 Å². The second-order valence-corrected chi connectivity index (χ2v) is 3.18. The zero-order valence-corrected chi connectivity index (χ0v) is 7.67. The first-order chi connectivity index (χ1) is 6.24. The van der Waals surface area contributed by atoms with E-state index in [1.807, 2.05) is 0 Å². The monoisotopic (exact) mass is 196 g/mol. The Morgan fingerprint density at radius 2 is 2.38 bits per heavy atom. The number of ether oxygens (including phenoxy) is 1. The number of hydrogen-bond acceptors (Lipinski definition) is 4. The van der Waals surface area contributed by atoms with Gasteiger partial charge in [0.2, 0.25) is 0 Å². The minimum atomic E-state index is -0.596. The van der Waals surface area contributed by atoms with Gasteiger partial charge in [0.25, 0.3) is 0 Å². The molecule has 0 aliphatic carbocycles. The van der Waals surface area contributed by atoms with Gasteiger partial charge in [-0.1, -0.05) is 12.1 Å². The average Bonchev–Trinajstić information content (AvgIpc) is 2.55. The van der Waals surface area contributed by atoms with Gasteiger partial charge in [-0.3, -0.25) is 4.79 Å². The molecule has 0 saturated heterocycles. The lowest BCUT2D eigenvalue weighted by atomic mass is 10.4. The fraction of sp³-hybridized carbons (Fsp3) is 0.111. The molecule has 0 spiro atoms. The lowest BCUT2D eigenvalue weighted by Crippen LogP contribution is -2.10. The number of thiophene rings is 1. The Balaban J connectivity index is 2.51. The van der Waals surface area contributed by atoms with Crippen LogP contribution in [0.3, 0.4) is 0 Å². The molecule has 0 radical (unpaired) electrons. The summed E-state index contributed by atoms with van der Waals surface area (Å²) in [5.41, 5.74) is 0. The standard InChI is InChI=1S/C9H8O3S/c1-2-4-8(10)12-9(11)7-5-3-6-13-7/h2-3,5-6H,1,4H2. The molecule has 0 unspecified atom stereocenters. The average molecular weight is 196 g/mol. The Hall–Kier alpha value is -1.42. The van der Waals surface area contributed by atoms with E-state index in [0.717, 1.165) is 0 Å². The third kappa shape index (κ3) is 2.83. The van der Waals surface area contributed by atoms with Crippen LogP contribution in [0.25, 0.3) is 0 Å². The topological polar surface area (TPSA) is 43.4 Å². The maximum Gasteiger partial charge on any atom is 0.355 e. The molecule has 1 rings (SSSR count). The number of carbonyl (C=O) groups is 2. The molecule has 0 amide bonds. The molecule has 0 bridgehead atoms. The van der Waals surface area contributed by atoms with Crippen LogP contribution >= 0.6 is 11.3 Å². The van der Waals surface area contributed by atoms with Crippen molar-refractivity contribution in [2.45, 2.75) is 6.42 Å². The summed E-state index contributed by atoms with van der Waals surface area (Å²) in [7, 11) is 0. The van der Waals surface area contributed by atoms with E-state index in [0.29, 0.717) is 4.88 Å². The van der Waals surface area contributed by atoms with Crippen LogP contribution in [0.1, 0.15) is 16.1 Å². The van der Waals surface area contributed by atoms with E-state index >= 15 is 0 Å². The molecule has 4 heteroatoms. The molecule has 0 saturated carbocycles. The molecular weight excluding hydrogens is 188 g/mol. The fourth-order valence-corrected chi connectivity index (χ4v) is 1.31. The van der Waals surface area contributed by atoms with Crippen LogP contribution in [0.15, 0.2) is 30.2 Å². The number of carbonyl (C=O) groups excluding carboxylic acids is 2. The molecule has 0 aromatic carbocycles. The maximum absolute atomic E-state index is 11.1. The highest BCUT2D eigenvalue weighted by Gasteiger charge is 2.11. The number of hydrogen-bond donors (Lipinski definition) is 0. The smallest absolute Gasteiger partial charge is 0.355 e. The van der Waals surface area contributed by atoms with Crippen molar-refractivity contribution in [1.29, 1.82) is 0 Å². The van der Waals surface area contributed by atoms with Gasteiger partial charge in [0.15, 0.2) is 0 Å². The van der Waals surface area contributed by atoms with E-state index in [4.69, 9.17) is 0 Å². The molecule has 68 valence electrons. The number of esters is 2. The molecule has 1 aromatic heterocycles. The largest absolute Gasteiger partial charge is 0.389 e. The summed E-state index contributed by atoms with van der Waals surface area (Å²) in [4.78, 5) is 22.4. The lowest BCUT2D eigenvalue weighted by molar-refractivity contribution is -0.136. The molecule has 0 aliphatic heterocycles. The van der Waals surface area contributed by atoms with Crippen LogP contribution in [0.2, 0.25) is 0 Å². The van der Waals surface area contributed by atoms with Crippen molar-refractivity contribution in [3.63, 3.8) is 0 Å². The summed E-state index contributed by atoms with van der Waals surface area (Å²) in [5.74, 6) is -1.17. The molecule has 0 aliphatic rings. The fourth-order valence-electron chi connectivity index (χ4n) is 0.708. The Morgan fingerprint density at radius 3 is 2.92 bits per heavy atom. The van der Waals surface area contributed by atoms with Crippen molar-refractivity contribution in [3.05, 3.63) is 35.0 Å². The Morgan fingerprint density at radius 1 is 1.62 bits per heavy atom. The predicted molar refractivity (Wildman–Crippen MR) is 49.6 cm³/mol. The van der Waals surface area contributed by atoms with Gasteiger partial charge in [0.05, 0.1) is 6.42 Å². The van der Waals surface area contributed by atoms with Crippen LogP contribution in [-0.2, 0) is 9.53 Å². The van der Waals surface area contributed by atoms with Crippen LogP contribution in [-0.4, -0.2) is 11.9 Å². The highest BCUT2D eigenvalue weighted by Crippen LogP contribution is 2.10.